The van der Waals surface area contributed by atoms with Gasteiger partial charge in [0.2, 0.25) is 11.8 Å². The number of rotatable bonds is 10. The van der Waals surface area contributed by atoms with Crippen molar-refractivity contribution in [2.24, 2.45) is 15.9 Å². The number of carbonyl (C=O) groups excluding carboxylic acids is 1. The zero-order valence-electron chi connectivity index (χ0n) is 39.9. The molecule has 7 N–H and O–H groups in total. The Morgan fingerprint density at radius 2 is 1.43 bits per heavy atom. The van der Waals surface area contributed by atoms with E-state index in [2.05, 4.69) is 45.4 Å². The molecule has 0 aliphatic carbocycles. The number of aromatic amines is 4. The molecular weight excluding hydrogens is 1010 g/mol. The van der Waals surface area contributed by atoms with Gasteiger partial charge in [-0.1, -0.05) is 65.7 Å². The van der Waals surface area contributed by atoms with Crippen molar-refractivity contribution in [3.8, 4) is 11.8 Å². The van der Waals surface area contributed by atoms with Crippen LogP contribution in [0.3, 0.4) is 0 Å². The van der Waals surface area contributed by atoms with Crippen LogP contribution in [0.5, 0.6) is 11.8 Å². The molecule has 21 nitrogen and oxygen atoms in total. The van der Waals surface area contributed by atoms with Crippen molar-refractivity contribution < 1.29 is 24.0 Å². The van der Waals surface area contributed by atoms with E-state index >= 15 is 0 Å². The quantitative estimate of drug-likeness (QED) is 0.0878. The number of halogens is 2. The largest absolute Gasteiger partial charge is 0.493 e. The minimum atomic E-state index is -1.47. The number of ether oxygens (including phenoxy) is 1. The van der Waals surface area contributed by atoms with Gasteiger partial charge < -0.3 is 35.1 Å². The van der Waals surface area contributed by atoms with Gasteiger partial charge in [0.15, 0.2) is 22.3 Å². The third-order valence-corrected chi connectivity index (χ3v) is 13.1. The van der Waals surface area contributed by atoms with Crippen LogP contribution in [0, 0.1) is 5.92 Å². The number of hydrogen-bond donors (Lipinski definition) is 7. The number of amides is 1. The number of nitrogens with one attached hydrogen (secondary N) is 5. The lowest BCUT2D eigenvalue weighted by Crippen LogP contribution is -2.42. The van der Waals surface area contributed by atoms with Gasteiger partial charge in [-0.25, -0.2) is 33.9 Å². The Kier molecular flexibility index (Phi) is 14.9. The highest BCUT2D eigenvalue weighted by Crippen LogP contribution is 2.22. The van der Waals surface area contributed by atoms with Crippen molar-refractivity contribution in [2.75, 3.05) is 25.0 Å². The first kappa shape index (κ1) is 50.6. The van der Waals surface area contributed by atoms with Gasteiger partial charge in [0.25, 0.3) is 0 Å². The molecule has 0 bridgehead atoms. The number of fused-ring (bicyclic) bond motifs is 2. The van der Waals surface area contributed by atoms with Crippen molar-refractivity contribution in [1.29, 1.82) is 0 Å². The Morgan fingerprint density at radius 3 is 2.04 bits per heavy atom. The predicted molar refractivity (Wildman–Crippen MR) is 279 cm³/mol. The Bertz CT molecular complexity index is 3930. The molecule has 3 aromatic carbocycles. The summed E-state index contributed by atoms with van der Waals surface area (Å²) in [6.07, 6.45) is 7.54. The van der Waals surface area contributed by atoms with E-state index < -0.39 is 27.8 Å². The summed E-state index contributed by atoms with van der Waals surface area (Å²) in [6.45, 7) is 7.35. The molecule has 1 atom stereocenters. The number of aromatic nitrogens is 10. The summed E-state index contributed by atoms with van der Waals surface area (Å²) in [5.74, 6) is 0.503. The van der Waals surface area contributed by atoms with Gasteiger partial charge in [0, 0.05) is 57.9 Å². The summed E-state index contributed by atoms with van der Waals surface area (Å²) in [5.41, 5.74) is 2.77. The highest BCUT2D eigenvalue weighted by atomic mass is 35.5. The van der Waals surface area contributed by atoms with E-state index in [9.17, 15) is 28.8 Å². The summed E-state index contributed by atoms with van der Waals surface area (Å²) in [7, 11) is -1.47. The average molecular weight is 1060 g/mol. The van der Waals surface area contributed by atoms with E-state index in [0.29, 0.717) is 78.9 Å². The number of likely N-dealkylation sites (tertiary alicyclic amines) is 1. The highest BCUT2D eigenvalue weighted by molar-refractivity contribution is 7.84. The van der Waals surface area contributed by atoms with E-state index in [0.717, 1.165) is 24.1 Å². The molecule has 0 radical (unpaired) electrons. The smallest absolute Gasteiger partial charge is 0.410 e. The monoisotopic (exact) mass is 1060 g/mol. The van der Waals surface area contributed by atoms with Crippen molar-refractivity contribution in [1.82, 2.24) is 54.0 Å². The number of hydrogen-bond acceptors (Lipinski definition) is 14. The molecule has 380 valence electrons. The Labute approximate surface area is 432 Å². The summed E-state index contributed by atoms with van der Waals surface area (Å²) < 4.78 is 22.0. The number of aromatic hydroxyl groups is 2. The molecule has 1 saturated heterocycles. The van der Waals surface area contributed by atoms with Crippen LogP contribution in [0.2, 0.25) is 10.0 Å². The first-order valence-corrected chi connectivity index (χ1v) is 25.1. The highest BCUT2D eigenvalue weighted by Gasteiger charge is 2.27. The Morgan fingerprint density at radius 1 is 0.811 bits per heavy atom. The molecule has 1 amide bonds. The lowest BCUT2D eigenvalue weighted by atomic mass is 9.97. The molecule has 0 spiro atoms. The minimum Gasteiger partial charge on any atom is -0.493 e. The molecule has 1 aliphatic rings. The molecule has 6 aromatic heterocycles. The van der Waals surface area contributed by atoms with Gasteiger partial charge in [-0.3, -0.25) is 19.2 Å². The summed E-state index contributed by atoms with van der Waals surface area (Å²) in [6, 6.07) is 27.2. The maximum absolute atomic E-state index is 13.4. The molecule has 0 saturated carbocycles. The van der Waals surface area contributed by atoms with E-state index in [1.807, 2.05) is 63.2 Å². The fraction of sp³-hybridized carbons (Fsp3) is 0.220. The van der Waals surface area contributed by atoms with Crippen LogP contribution in [0.1, 0.15) is 50.6 Å². The number of anilines is 2. The first-order valence-electron chi connectivity index (χ1n) is 23.1. The van der Waals surface area contributed by atoms with E-state index in [1.165, 1.54) is 16.8 Å². The summed E-state index contributed by atoms with van der Waals surface area (Å²) in [4.78, 5) is 65.6. The molecule has 7 heterocycles. The van der Waals surface area contributed by atoms with Crippen LogP contribution in [0.25, 0.3) is 23.4 Å². The van der Waals surface area contributed by atoms with Gasteiger partial charge in [0.05, 0.1) is 34.6 Å². The zero-order chi connectivity index (χ0) is 52.1. The molecule has 74 heavy (non-hydrogen) atoms. The van der Waals surface area contributed by atoms with Crippen molar-refractivity contribution in [3.05, 3.63) is 173 Å². The summed E-state index contributed by atoms with van der Waals surface area (Å²) >= 11 is 12.3. The van der Waals surface area contributed by atoms with Gasteiger partial charge in [-0.15, -0.1) is 0 Å². The molecule has 24 heteroatoms. The number of imidazole rings is 2. The molecular formula is C50H48Cl2N14O7S. The van der Waals surface area contributed by atoms with Gasteiger partial charge in [-0.05, 0) is 93.6 Å². The number of nitrogens with zero attached hydrogens (tertiary/aromatic N) is 9. The fourth-order valence-corrected chi connectivity index (χ4v) is 9.42. The topological polar surface area (TPSA) is 281 Å². The number of carbonyl (C=O) groups is 1. The Hall–Kier alpha value is -8.34. The van der Waals surface area contributed by atoms with Crippen molar-refractivity contribution in [3.63, 3.8) is 0 Å². The second-order valence-corrected chi connectivity index (χ2v) is 20.3. The second kappa shape index (κ2) is 21.8. The van der Waals surface area contributed by atoms with Crippen molar-refractivity contribution >= 4 is 80.7 Å². The van der Waals surface area contributed by atoms with E-state index in [1.54, 1.807) is 70.2 Å². The van der Waals surface area contributed by atoms with Crippen LogP contribution < -0.4 is 38.1 Å². The molecule has 1 fully saturated rings. The number of piperidine rings is 1. The molecule has 1 aliphatic heterocycles. The SMILES string of the molecule is CC(C)(C)OC(=O)N1CCC(CN=c2cc(Nc3cccc(Cl)c3)nc3c(=Cc4[nH]c(=O)[nH]c4O)cnn23)CC1.O=c1[nH]c(O)c(C=c2cnn3c(S(=O)Cc4ccccc4)cc(=Nc4cccc(Cl)c4)nc23)[nH]1. The molecule has 9 aromatic rings. The van der Waals surface area contributed by atoms with Crippen LogP contribution in [-0.2, 0) is 21.3 Å². The minimum absolute atomic E-state index is 0.172. The third-order valence-electron chi connectivity index (χ3n) is 11.3. The number of H-pyrrole nitrogens is 4. The molecule has 1 unspecified atom stereocenters. The average Bonchev–Trinajstić information content (AvgIpc) is 4.12. The predicted octanol–water partition coefficient (Wildman–Crippen LogP) is 5.14. The van der Waals surface area contributed by atoms with Crippen LogP contribution in [0.15, 0.2) is 128 Å². The first-order chi connectivity index (χ1) is 35.5. The number of benzene rings is 3. The lowest BCUT2D eigenvalue weighted by Gasteiger charge is -2.32. The van der Waals surface area contributed by atoms with Crippen molar-refractivity contribution in [2.45, 2.75) is 50.0 Å². The fourth-order valence-electron chi connectivity index (χ4n) is 7.84. The maximum Gasteiger partial charge on any atom is 0.410 e. The zero-order valence-corrected chi connectivity index (χ0v) is 42.2. The van der Waals surface area contributed by atoms with E-state index in [-0.39, 0.29) is 40.9 Å². The van der Waals surface area contributed by atoms with Gasteiger partial charge in [0.1, 0.15) is 27.8 Å². The van der Waals surface area contributed by atoms with Crippen LogP contribution in [-0.4, -0.2) is 99.8 Å². The Balaban J connectivity index is 0.000000184. The van der Waals surface area contributed by atoms with Gasteiger partial charge >= 0.3 is 17.5 Å². The van der Waals surface area contributed by atoms with Crippen LogP contribution >= 0.6 is 23.2 Å². The lowest BCUT2D eigenvalue weighted by molar-refractivity contribution is 0.0186. The molecule has 10 rings (SSSR count). The van der Waals surface area contributed by atoms with Gasteiger partial charge in [-0.2, -0.15) is 14.7 Å². The normalized spacial score (nSPS) is 14.7. The second-order valence-electron chi connectivity index (χ2n) is 18.0. The summed E-state index contributed by atoms with van der Waals surface area (Å²) in [5, 5.41) is 34.6. The third kappa shape index (κ3) is 12.5. The van der Waals surface area contributed by atoms with Crippen LogP contribution in [0.4, 0.5) is 22.0 Å². The maximum atomic E-state index is 13.4. The standard InChI is InChI=1S/C27H31ClN8O4.C23H17ClN6O3S/c1-27(2,3)40-26(39)35-9-7-16(8-10-35)14-29-22-13-21(31-19-6-4-5-18(28)12-19)33-23-17(15-30-36(22)23)11-20-24(37)34-25(38)32-20;24-16-7-4-8-17(10-16)26-19-11-20(34(33)13-14-5-2-1-3-6-14)30-21(28-19)15(12-25-30)9-18-22(31)29-23(32)27-18/h4-6,11-13,15-16,31,37H,7-10,14H2,1-3H3,(H2,32,34,38);1-12,31H,13H2,(H2,27,29,32). The van der Waals surface area contributed by atoms with E-state index in [4.69, 9.17) is 37.9 Å².